The highest BCUT2D eigenvalue weighted by molar-refractivity contribution is 9.10. The molecule has 2 saturated heterocycles. The Balaban J connectivity index is 1.52. The van der Waals surface area contributed by atoms with Gasteiger partial charge >= 0.3 is 0 Å². The third-order valence-corrected chi connectivity index (χ3v) is 4.40. The van der Waals surface area contributed by atoms with Gasteiger partial charge in [0.2, 0.25) is 23.6 Å². The number of nitrogens with zero attached hydrogens (tertiary/aromatic N) is 3. The number of pyridine rings is 1. The number of ether oxygens (including phenoxy) is 1. The number of amides is 3. The highest BCUT2D eigenvalue weighted by Gasteiger charge is 2.34. The third-order valence-electron chi connectivity index (χ3n) is 3.93. The van der Waals surface area contributed by atoms with Gasteiger partial charge in [-0.15, -0.1) is 0 Å². The maximum atomic E-state index is 12.2. The zero-order chi connectivity index (χ0) is 16.4. The molecule has 2 aliphatic heterocycles. The van der Waals surface area contributed by atoms with E-state index in [4.69, 9.17) is 4.74 Å². The first kappa shape index (κ1) is 15.9. The molecule has 0 radical (unpaired) electrons. The van der Waals surface area contributed by atoms with E-state index in [0.29, 0.717) is 25.4 Å². The Morgan fingerprint density at radius 2 is 2.04 bits per heavy atom. The highest BCUT2D eigenvalue weighted by Crippen LogP contribution is 2.19. The van der Waals surface area contributed by atoms with E-state index in [0.717, 1.165) is 9.37 Å². The molecule has 0 spiro atoms. The van der Waals surface area contributed by atoms with Crippen molar-refractivity contribution < 1.29 is 19.1 Å². The second-order valence-electron chi connectivity index (χ2n) is 5.56. The molecule has 0 bridgehead atoms. The van der Waals surface area contributed by atoms with Crippen LogP contribution in [0.1, 0.15) is 19.3 Å². The maximum Gasteiger partial charge on any atom is 0.242 e. The monoisotopic (exact) mass is 381 g/mol. The molecule has 1 aromatic heterocycles. The van der Waals surface area contributed by atoms with Crippen molar-refractivity contribution in [2.24, 2.45) is 0 Å². The molecule has 1 atom stereocenters. The Bertz CT molecular complexity index is 618. The summed E-state index contributed by atoms with van der Waals surface area (Å²) in [6.07, 6.45) is 2.63. The van der Waals surface area contributed by atoms with Crippen molar-refractivity contribution >= 4 is 33.7 Å². The number of hydrogen-bond acceptors (Lipinski definition) is 5. The van der Waals surface area contributed by atoms with Crippen molar-refractivity contribution in [1.82, 2.24) is 14.8 Å². The predicted molar refractivity (Wildman–Crippen MR) is 83.5 cm³/mol. The zero-order valence-electron chi connectivity index (χ0n) is 12.4. The minimum Gasteiger partial charge on any atom is -0.472 e. The van der Waals surface area contributed by atoms with E-state index >= 15 is 0 Å². The van der Waals surface area contributed by atoms with Crippen molar-refractivity contribution in [3.8, 4) is 5.88 Å². The number of hydrogen-bond donors (Lipinski definition) is 0. The first-order chi connectivity index (χ1) is 11.0. The lowest BCUT2D eigenvalue weighted by atomic mass is 10.3. The van der Waals surface area contributed by atoms with Crippen LogP contribution in [0.3, 0.4) is 0 Å². The van der Waals surface area contributed by atoms with Crippen LogP contribution >= 0.6 is 15.9 Å². The van der Waals surface area contributed by atoms with E-state index in [2.05, 4.69) is 20.9 Å². The van der Waals surface area contributed by atoms with Crippen molar-refractivity contribution in [2.45, 2.75) is 25.4 Å². The van der Waals surface area contributed by atoms with E-state index in [9.17, 15) is 14.4 Å². The van der Waals surface area contributed by atoms with Crippen LogP contribution < -0.4 is 4.74 Å². The minimum atomic E-state index is -0.269. The van der Waals surface area contributed by atoms with Gasteiger partial charge in [0.05, 0.1) is 6.54 Å². The van der Waals surface area contributed by atoms with E-state index in [-0.39, 0.29) is 43.2 Å². The Kier molecular flexibility index (Phi) is 4.61. The van der Waals surface area contributed by atoms with Gasteiger partial charge in [-0.2, -0.15) is 0 Å². The van der Waals surface area contributed by atoms with Gasteiger partial charge in [-0.3, -0.25) is 19.3 Å². The molecule has 2 aliphatic rings. The molecule has 1 unspecified atom stereocenters. The van der Waals surface area contributed by atoms with Crippen molar-refractivity contribution in [1.29, 1.82) is 0 Å². The molecule has 3 amide bonds. The molecule has 0 aromatic carbocycles. The highest BCUT2D eigenvalue weighted by atomic mass is 79.9. The van der Waals surface area contributed by atoms with Crippen molar-refractivity contribution in [3.63, 3.8) is 0 Å². The quantitative estimate of drug-likeness (QED) is 0.726. The molecule has 2 fully saturated rings. The molecule has 1 aromatic rings. The van der Waals surface area contributed by atoms with Gasteiger partial charge in [0.15, 0.2) is 0 Å². The number of carbonyl (C=O) groups excluding carboxylic acids is 3. The van der Waals surface area contributed by atoms with E-state index in [1.165, 1.54) is 0 Å². The first-order valence-electron chi connectivity index (χ1n) is 7.42. The number of likely N-dealkylation sites (tertiary alicyclic amines) is 2. The summed E-state index contributed by atoms with van der Waals surface area (Å²) in [4.78, 5) is 42.2. The molecule has 7 nitrogen and oxygen atoms in total. The van der Waals surface area contributed by atoms with E-state index < -0.39 is 0 Å². The van der Waals surface area contributed by atoms with Crippen LogP contribution in [0, 0.1) is 0 Å². The second kappa shape index (κ2) is 6.66. The Labute approximate surface area is 141 Å². The number of halogens is 1. The van der Waals surface area contributed by atoms with Crippen molar-refractivity contribution in [3.05, 3.63) is 22.8 Å². The number of aromatic nitrogens is 1. The summed E-state index contributed by atoms with van der Waals surface area (Å²) in [5, 5.41) is 0. The van der Waals surface area contributed by atoms with Gasteiger partial charge in [-0.1, -0.05) is 0 Å². The van der Waals surface area contributed by atoms with Crippen LogP contribution in [0.5, 0.6) is 5.88 Å². The fourth-order valence-electron chi connectivity index (χ4n) is 2.69. The summed E-state index contributed by atoms with van der Waals surface area (Å²) < 4.78 is 6.62. The molecular weight excluding hydrogens is 366 g/mol. The van der Waals surface area contributed by atoms with Gasteiger partial charge in [0, 0.05) is 42.5 Å². The Morgan fingerprint density at radius 1 is 1.30 bits per heavy atom. The van der Waals surface area contributed by atoms with Crippen LogP contribution in [0.4, 0.5) is 0 Å². The molecule has 3 rings (SSSR count). The fourth-order valence-corrected chi connectivity index (χ4v) is 2.92. The van der Waals surface area contributed by atoms with E-state index in [1.807, 2.05) is 6.07 Å². The number of carbonyl (C=O) groups is 3. The van der Waals surface area contributed by atoms with Crippen LogP contribution in [-0.2, 0) is 14.4 Å². The Hall–Kier alpha value is -1.96. The van der Waals surface area contributed by atoms with Crippen LogP contribution in [-0.4, -0.2) is 58.2 Å². The predicted octanol–water partition coefficient (Wildman–Crippen LogP) is 0.973. The van der Waals surface area contributed by atoms with Crippen LogP contribution in [0.2, 0.25) is 0 Å². The summed E-state index contributed by atoms with van der Waals surface area (Å²) in [6.45, 7) is 0.823. The third kappa shape index (κ3) is 3.69. The zero-order valence-corrected chi connectivity index (χ0v) is 14.0. The average molecular weight is 382 g/mol. The smallest absolute Gasteiger partial charge is 0.242 e. The molecule has 8 heteroatoms. The summed E-state index contributed by atoms with van der Waals surface area (Å²) >= 11 is 3.31. The summed E-state index contributed by atoms with van der Waals surface area (Å²) in [5.74, 6) is -0.246. The summed E-state index contributed by atoms with van der Waals surface area (Å²) in [6, 6.07) is 3.60. The molecule has 23 heavy (non-hydrogen) atoms. The lowest BCUT2D eigenvalue weighted by Gasteiger charge is -2.20. The maximum absolute atomic E-state index is 12.2. The summed E-state index contributed by atoms with van der Waals surface area (Å²) in [7, 11) is 0. The van der Waals surface area contributed by atoms with Gasteiger partial charge in [-0.25, -0.2) is 4.98 Å². The van der Waals surface area contributed by atoms with E-state index in [1.54, 1.807) is 17.2 Å². The minimum absolute atomic E-state index is 0.127. The second-order valence-corrected chi connectivity index (χ2v) is 6.47. The van der Waals surface area contributed by atoms with Gasteiger partial charge < -0.3 is 9.64 Å². The van der Waals surface area contributed by atoms with Gasteiger partial charge in [0.25, 0.3) is 0 Å². The molecule has 122 valence electrons. The fraction of sp³-hybridized carbons (Fsp3) is 0.467. The van der Waals surface area contributed by atoms with Gasteiger partial charge in [-0.05, 0) is 22.0 Å². The van der Waals surface area contributed by atoms with Crippen LogP contribution in [0.25, 0.3) is 0 Å². The number of rotatable bonds is 4. The molecule has 0 saturated carbocycles. The van der Waals surface area contributed by atoms with Crippen molar-refractivity contribution in [2.75, 3.05) is 19.6 Å². The summed E-state index contributed by atoms with van der Waals surface area (Å²) in [5.41, 5.74) is 0. The SMILES string of the molecule is O=C(CN1C(=O)CCC1=O)N1CCC(Oc2ccc(Br)cn2)C1. The topological polar surface area (TPSA) is 79.8 Å². The first-order valence-corrected chi connectivity index (χ1v) is 8.21. The average Bonchev–Trinajstić information content (AvgIpc) is 3.11. The normalized spacial score (nSPS) is 21.2. The molecular formula is C15H16BrN3O4. The molecule has 0 N–H and O–H groups in total. The molecule has 0 aliphatic carbocycles. The molecule has 3 heterocycles. The Morgan fingerprint density at radius 3 is 2.70 bits per heavy atom. The van der Waals surface area contributed by atoms with Gasteiger partial charge in [0.1, 0.15) is 12.6 Å². The number of imide groups is 1. The lowest BCUT2D eigenvalue weighted by molar-refractivity contribution is -0.145. The lowest BCUT2D eigenvalue weighted by Crippen LogP contribution is -2.42. The van der Waals surface area contributed by atoms with Crippen LogP contribution in [0.15, 0.2) is 22.8 Å². The largest absolute Gasteiger partial charge is 0.472 e. The standard InChI is InChI=1S/C15H16BrN3O4/c16-10-1-2-12(17-7-10)23-11-5-6-18(8-11)15(22)9-19-13(20)3-4-14(19)21/h1-2,7,11H,3-6,8-9H2.